The molecular formula is C15H17N11. The van der Waals surface area contributed by atoms with Gasteiger partial charge in [-0.2, -0.15) is 0 Å². The van der Waals surface area contributed by atoms with E-state index in [-0.39, 0.29) is 0 Å². The van der Waals surface area contributed by atoms with Gasteiger partial charge in [-0.15, -0.1) is 10.2 Å². The van der Waals surface area contributed by atoms with E-state index in [0.717, 1.165) is 0 Å². The van der Waals surface area contributed by atoms with Gasteiger partial charge in [0.15, 0.2) is 0 Å². The minimum Gasteiger partial charge on any atom is -0.246 e. The molecule has 0 saturated heterocycles. The monoisotopic (exact) mass is 351 g/mol. The van der Waals surface area contributed by atoms with E-state index in [1.807, 2.05) is 40.3 Å². The van der Waals surface area contributed by atoms with E-state index < -0.39 is 0 Å². The number of guanidine groups is 1. The number of nitrogens with zero attached hydrogens (tertiary/aromatic N) is 11. The Balaban J connectivity index is 1.88. The van der Waals surface area contributed by atoms with Gasteiger partial charge in [0.25, 0.3) is 5.96 Å². The molecule has 132 valence electrons. The quantitative estimate of drug-likeness (QED) is 0.381. The van der Waals surface area contributed by atoms with Crippen molar-refractivity contribution < 1.29 is 0 Å². The second kappa shape index (κ2) is 6.93. The van der Waals surface area contributed by atoms with E-state index in [2.05, 4.69) is 19.9 Å². The molecule has 0 amide bonds. The van der Waals surface area contributed by atoms with E-state index in [9.17, 15) is 0 Å². The second-order valence-corrected chi connectivity index (χ2v) is 5.18. The predicted molar refractivity (Wildman–Crippen MR) is 94.1 cm³/mol. The summed E-state index contributed by atoms with van der Waals surface area (Å²) >= 11 is 0. The predicted octanol–water partition coefficient (Wildman–Crippen LogP) is 0.351. The summed E-state index contributed by atoms with van der Waals surface area (Å²) in [6, 6.07) is 0. The van der Waals surface area contributed by atoms with E-state index in [1.54, 1.807) is 70.3 Å². The normalized spacial score (nSPS) is 11.7. The standard InChI is InChI=1S/C15H17N11/c1-2-25(22-8-4-17-12-22)15(20-21-7-3-16-11-21)26(23-9-5-18-13-23)24-10-6-19-14-24/h3-14H,2H2,1H3. The summed E-state index contributed by atoms with van der Waals surface area (Å²) in [7, 11) is 0. The highest BCUT2D eigenvalue weighted by Gasteiger charge is 2.23. The number of hydrogen-bond acceptors (Lipinski definition) is 5. The molecule has 26 heavy (non-hydrogen) atoms. The van der Waals surface area contributed by atoms with Gasteiger partial charge in [0.2, 0.25) is 0 Å². The van der Waals surface area contributed by atoms with Crippen LogP contribution in [0.5, 0.6) is 0 Å². The minimum atomic E-state index is 0.583. The molecule has 11 nitrogen and oxygen atoms in total. The lowest BCUT2D eigenvalue weighted by Crippen LogP contribution is -2.56. The Labute approximate surface area is 149 Å². The van der Waals surface area contributed by atoms with Crippen LogP contribution in [0.3, 0.4) is 0 Å². The van der Waals surface area contributed by atoms with Crippen LogP contribution < -0.4 is 10.1 Å². The highest BCUT2D eigenvalue weighted by molar-refractivity contribution is 5.97. The lowest BCUT2D eigenvalue weighted by Gasteiger charge is -2.33. The molecular weight excluding hydrogens is 334 g/mol. The van der Waals surface area contributed by atoms with Crippen molar-refractivity contribution in [3.05, 3.63) is 74.9 Å². The Morgan fingerprint density at radius 1 is 0.769 bits per heavy atom. The average Bonchev–Trinajstić information content (AvgIpc) is 3.44. The third-order valence-electron chi connectivity index (χ3n) is 3.59. The van der Waals surface area contributed by atoms with Crippen molar-refractivity contribution in [2.24, 2.45) is 5.10 Å². The van der Waals surface area contributed by atoms with Crippen LogP contribution in [-0.2, 0) is 0 Å². The topological polar surface area (TPSA) is 90.1 Å². The molecule has 0 atom stereocenters. The lowest BCUT2D eigenvalue weighted by molar-refractivity contribution is 0.584. The van der Waals surface area contributed by atoms with Crippen LogP contribution in [0.2, 0.25) is 0 Å². The fraction of sp³-hybridized carbons (Fsp3) is 0.133. The number of hydrogen-bond donors (Lipinski definition) is 0. The van der Waals surface area contributed by atoms with Crippen LogP contribution in [0.15, 0.2) is 80.0 Å². The fourth-order valence-electron chi connectivity index (χ4n) is 2.47. The third kappa shape index (κ3) is 2.92. The van der Waals surface area contributed by atoms with Crippen LogP contribution in [0, 0.1) is 0 Å². The van der Waals surface area contributed by atoms with E-state index >= 15 is 0 Å². The Morgan fingerprint density at radius 3 is 1.77 bits per heavy atom. The summed E-state index contributed by atoms with van der Waals surface area (Å²) in [5.74, 6) is 0.583. The minimum absolute atomic E-state index is 0.583. The zero-order valence-electron chi connectivity index (χ0n) is 14.1. The third-order valence-corrected chi connectivity index (χ3v) is 3.59. The lowest BCUT2D eigenvalue weighted by atomic mass is 10.6. The van der Waals surface area contributed by atoms with Gasteiger partial charge < -0.3 is 0 Å². The number of aromatic nitrogens is 8. The van der Waals surface area contributed by atoms with E-state index in [4.69, 9.17) is 5.10 Å². The molecule has 4 heterocycles. The molecule has 11 heteroatoms. The van der Waals surface area contributed by atoms with Crippen LogP contribution in [0.25, 0.3) is 0 Å². The van der Waals surface area contributed by atoms with Crippen molar-refractivity contribution >= 4 is 5.96 Å². The van der Waals surface area contributed by atoms with Crippen molar-refractivity contribution in [2.45, 2.75) is 6.92 Å². The van der Waals surface area contributed by atoms with Crippen LogP contribution in [-0.4, -0.2) is 51.1 Å². The molecule has 0 saturated carbocycles. The zero-order valence-corrected chi connectivity index (χ0v) is 14.1. The Morgan fingerprint density at radius 2 is 1.31 bits per heavy atom. The molecule has 4 rings (SSSR count). The summed E-state index contributed by atoms with van der Waals surface area (Å²) in [6.45, 7) is 2.67. The average molecular weight is 351 g/mol. The van der Waals surface area contributed by atoms with Gasteiger partial charge in [-0.3, -0.25) is 0 Å². The summed E-state index contributed by atoms with van der Waals surface area (Å²) in [4.78, 5) is 16.5. The molecule has 0 aliphatic carbocycles. The SMILES string of the molecule is CCN(C(=Nn1ccnc1)N(n1ccnc1)n1ccnc1)n1ccnc1. The maximum atomic E-state index is 4.73. The Bertz CT molecular complexity index is 886. The van der Waals surface area contributed by atoms with E-state index in [1.165, 1.54) is 0 Å². The maximum Gasteiger partial charge on any atom is 0.278 e. The van der Waals surface area contributed by atoms with Crippen LogP contribution in [0.4, 0.5) is 0 Å². The molecule has 0 spiro atoms. The van der Waals surface area contributed by atoms with E-state index in [0.29, 0.717) is 12.5 Å². The molecule has 0 aromatic carbocycles. The van der Waals surface area contributed by atoms with Crippen molar-refractivity contribution in [1.29, 1.82) is 0 Å². The summed E-state index contributed by atoms with van der Waals surface area (Å²) in [6.07, 6.45) is 20.8. The van der Waals surface area contributed by atoms with Crippen LogP contribution in [0.1, 0.15) is 6.92 Å². The molecule has 0 aliphatic heterocycles. The Hall–Kier alpha value is -3.89. The molecule has 4 aromatic rings. The van der Waals surface area contributed by atoms with Gasteiger partial charge in [-0.05, 0) is 6.92 Å². The second-order valence-electron chi connectivity index (χ2n) is 5.18. The van der Waals surface area contributed by atoms with Crippen molar-refractivity contribution in [3.8, 4) is 0 Å². The van der Waals surface area contributed by atoms with Gasteiger partial charge in [0.05, 0.1) is 0 Å². The molecule has 0 fully saturated rings. The first-order chi connectivity index (χ1) is 12.9. The first kappa shape index (κ1) is 15.6. The molecule has 0 aliphatic rings. The highest BCUT2D eigenvalue weighted by Crippen LogP contribution is 2.05. The van der Waals surface area contributed by atoms with Crippen molar-refractivity contribution in [2.75, 3.05) is 16.7 Å². The van der Waals surface area contributed by atoms with Crippen molar-refractivity contribution in [1.82, 2.24) is 38.6 Å². The maximum absolute atomic E-state index is 4.73. The highest BCUT2D eigenvalue weighted by atomic mass is 15.8. The summed E-state index contributed by atoms with van der Waals surface area (Å²) in [5, 5.41) is 8.51. The Kier molecular flexibility index (Phi) is 4.16. The fourth-order valence-corrected chi connectivity index (χ4v) is 2.47. The molecule has 0 radical (unpaired) electrons. The number of rotatable bonds is 5. The zero-order chi connectivity index (χ0) is 17.8. The van der Waals surface area contributed by atoms with Gasteiger partial charge >= 0.3 is 0 Å². The largest absolute Gasteiger partial charge is 0.278 e. The van der Waals surface area contributed by atoms with Crippen molar-refractivity contribution in [3.63, 3.8) is 0 Å². The molecule has 0 N–H and O–H groups in total. The van der Waals surface area contributed by atoms with Gasteiger partial charge in [0.1, 0.15) is 25.3 Å². The van der Waals surface area contributed by atoms with Gasteiger partial charge in [-0.25, -0.2) is 43.6 Å². The van der Waals surface area contributed by atoms with Crippen LogP contribution >= 0.6 is 0 Å². The first-order valence-electron chi connectivity index (χ1n) is 7.96. The molecule has 0 bridgehead atoms. The van der Waals surface area contributed by atoms with Gasteiger partial charge in [0, 0.05) is 56.1 Å². The number of imidazole rings is 4. The summed E-state index contributed by atoms with van der Waals surface area (Å²) in [5.41, 5.74) is 0. The smallest absolute Gasteiger partial charge is 0.246 e. The first-order valence-corrected chi connectivity index (χ1v) is 7.96. The molecule has 0 unspecified atom stereocenters. The summed E-state index contributed by atoms with van der Waals surface area (Å²) < 4.78 is 7.10. The molecule has 4 aromatic heterocycles. The van der Waals surface area contributed by atoms with Gasteiger partial charge in [-0.1, -0.05) is 0 Å².